The number of hydrogen-bond donors (Lipinski definition) is 1. The highest BCUT2D eigenvalue weighted by Gasteiger charge is 2.23. The summed E-state index contributed by atoms with van der Waals surface area (Å²) in [5.74, 6) is -2.59. The summed E-state index contributed by atoms with van der Waals surface area (Å²) in [7, 11) is 1.24. The molecule has 0 aliphatic heterocycles. The molecule has 0 aliphatic carbocycles. The molecule has 1 unspecified atom stereocenters. The van der Waals surface area contributed by atoms with Crippen LogP contribution >= 0.6 is 0 Å². The predicted octanol–water partition coefficient (Wildman–Crippen LogP) is 2.24. The molecule has 6 heteroatoms. The molecule has 0 saturated carbocycles. The Morgan fingerprint density at radius 3 is 2.76 bits per heavy atom. The van der Waals surface area contributed by atoms with Crippen LogP contribution in [0, 0.1) is 11.6 Å². The third-order valence-electron chi connectivity index (χ3n) is 2.88. The van der Waals surface area contributed by atoms with Crippen molar-refractivity contribution in [2.45, 2.75) is 18.9 Å². The summed E-state index contributed by atoms with van der Waals surface area (Å²) in [6, 6.07) is 1.86. The first-order valence-corrected chi connectivity index (χ1v) is 6.40. The normalized spacial score (nSPS) is 11.8. The zero-order valence-electron chi connectivity index (χ0n) is 11.7. The second-order valence-electron chi connectivity index (χ2n) is 4.35. The van der Waals surface area contributed by atoms with Crippen LogP contribution < -0.4 is 5.32 Å². The number of esters is 1. The van der Waals surface area contributed by atoms with Gasteiger partial charge in [-0.2, -0.15) is 0 Å². The maximum absolute atomic E-state index is 13.6. The number of Topliss-reactive ketones (excluding diaryl/α,β-unsaturated/α-hetero) is 1. The van der Waals surface area contributed by atoms with E-state index < -0.39 is 29.4 Å². The SMILES string of the molecule is C=CCNC(CCC(=O)OC)C(=O)c1cc(F)ccc1F. The van der Waals surface area contributed by atoms with Crippen LogP contribution in [-0.2, 0) is 9.53 Å². The maximum atomic E-state index is 13.6. The highest BCUT2D eigenvalue weighted by atomic mass is 19.1. The summed E-state index contributed by atoms with van der Waals surface area (Å²) in [6.07, 6.45) is 1.64. The van der Waals surface area contributed by atoms with Gasteiger partial charge in [-0.3, -0.25) is 9.59 Å². The topological polar surface area (TPSA) is 55.4 Å². The Morgan fingerprint density at radius 2 is 2.14 bits per heavy atom. The lowest BCUT2D eigenvalue weighted by Gasteiger charge is -2.16. The third kappa shape index (κ3) is 5.07. The summed E-state index contributed by atoms with van der Waals surface area (Å²) in [5.41, 5.74) is -0.346. The van der Waals surface area contributed by atoms with Crippen molar-refractivity contribution < 1.29 is 23.1 Å². The van der Waals surface area contributed by atoms with Gasteiger partial charge in [-0.25, -0.2) is 8.78 Å². The third-order valence-corrected chi connectivity index (χ3v) is 2.88. The second-order valence-corrected chi connectivity index (χ2v) is 4.35. The number of halogens is 2. The number of benzene rings is 1. The summed E-state index contributed by atoms with van der Waals surface area (Å²) in [4.78, 5) is 23.4. The number of methoxy groups -OCH3 is 1. The number of nitrogens with one attached hydrogen (secondary N) is 1. The number of ether oxygens (including phenoxy) is 1. The van der Waals surface area contributed by atoms with Gasteiger partial charge in [0.25, 0.3) is 0 Å². The van der Waals surface area contributed by atoms with Crippen LogP contribution in [0.3, 0.4) is 0 Å². The van der Waals surface area contributed by atoms with E-state index in [2.05, 4.69) is 16.6 Å². The van der Waals surface area contributed by atoms with Crippen molar-refractivity contribution in [2.75, 3.05) is 13.7 Å². The molecule has 0 spiro atoms. The van der Waals surface area contributed by atoms with Gasteiger partial charge >= 0.3 is 5.97 Å². The second kappa shape index (κ2) is 8.26. The molecule has 0 fully saturated rings. The van der Waals surface area contributed by atoms with E-state index in [-0.39, 0.29) is 18.4 Å². The largest absolute Gasteiger partial charge is 0.469 e. The van der Waals surface area contributed by atoms with Gasteiger partial charge in [-0.05, 0) is 24.6 Å². The Hall–Kier alpha value is -2.08. The minimum Gasteiger partial charge on any atom is -0.469 e. The van der Waals surface area contributed by atoms with Crippen molar-refractivity contribution in [1.29, 1.82) is 0 Å². The van der Waals surface area contributed by atoms with Crippen molar-refractivity contribution in [1.82, 2.24) is 5.32 Å². The fourth-order valence-corrected chi connectivity index (χ4v) is 1.79. The van der Waals surface area contributed by atoms with Crippen molar-refractivity contribution >= 4 is 11.8 Å². The molecular formula is C15H17F2NO3. The molecule has 0 amide bonds. The minimum absolute atomic E-state index is 0.00597. The molecular weight excluding hydrogens is 280 g/mol. The molecule has 0 aliphatic rings. The van der Waals surface area contributed by atoms with Gasteiger partial charge in [0, 0.05) is 13.0 Å². The Balaban J connectivity index is 2.90. The van der Waals surface area contributed by atoms with Gasteiger partial charge in [-0.15, -0.1) is 6.58 Å². The quantitative estimate of drug-likeness (QED) is 0.454. The maximum Gasteiger partial charge on any atom is 0.305 e. The van der Waals surface area contributed by atoms with Crippen LogP contribution in [0.2, 0.25) is 0 Å². The first-order valence-electron chi connectivity index (χ1n) is 6.40. The Morgan fingerprint density at radius 1 is 1.43 bits per heavy atom. The number of rotatable bonds is 8. The van der Waals surface area contributed by atoms with Crippen LogP contribution in [0.25, 0.3) is 0 Å². The van der Waals surface area contributed by atoms with E-state index in [1.54, 1.807) is 0 Å². The van der Waals surface area contributed by atoms with Gasteiger partial charge in [0.2, 0.25) is 0 Å². The average molecular weight is 297 g/mol. The molecule has 1 N–H and O–H groups in total. The number of ketones is 1. The highest BCUT2D eigenvalue weighted by Crippen LogP contribution is 2.14. The van der Waals surface area contributed by atoms with Crippen molar-refractivity contribution in [2.24, 2.45) is 0 Å². The van der Waals surface area contributed by atoms with Crippen LogP contribution in [0.1, 0.15) is 23.2 Å². The molecule has 21 heavy (non-hydrogen) atoms. The van der Waals surface area contributed by atoms with Gasteiger partial charge in [0.1, 0.15) is 11.6 Å². The van der Waals surface area contributed by atoms with E-state index in [0.29, 0.717) is 6.54 Å². The highest BCUT2D eigenvalue weighted by molar-refractivity contribution is 6.00. The molecule has 1 aromatic rings. The standard InChI is InChI=1S/C15H17F2NO3/c1-3-8-18-13(6-7-14(19)21-2)15(20)11-9-10(16)4-5-12(11)17/h3-5,9,13,18H,1,6-8H2,2H3. The fourth-order valence-electron chi connectivity index (χ4n) is 1.79. The zero-order chi connectivity index (χ0) is 15.8. The van der Waals surface area contributed by atoms with Crippen molar-refractivity contribution in [3.8, 4) is 0 Å². The minimum atomic E-state index is -0.821. The van der Waals surface area contributed by atoms with Crippen LogP contribution in [-0.4, -0.2) is 31.4 Å². The Bertz CT molecular complexity index is 532. The summed E-state index contributed by atoms with van der Waals surface area (Å²) in [6.45, 7) is 3.81. The van der Waals surface area contributed by atoms with Gasteiger partial charge < -0.3 is 10.1 Å². The van der Waals surface area contributed by atoms with Crippen molar-refractivity contribution in [3.05, 3.63) is 48.1 Å². The first-order chi connectivity index (χ1) is 9.99. The fraction of sp³-hybridized carbons (Fsp3) is 0.333. The van der Waals surface area contributed by atoms with E-state index in [1.807, 2.05) is 0 Å². The smallest absolute Gasteiger partial charge is 0.305 e. The molecule has 0 radical (unpaired) electrons. The average Bonchev–Trinajstić information content (AvgIpc) is 2.48. The molecule has 0 bridgehead atoms. The summed E-state index contributed by atoms with van der Waals surface area (Å²) < 4.78 is 31.3. The number of carbonyl (C=O) groups excluding carboxylic acids is 2. The lowest BCUT2D eigenvalue weighted by atomic mass is 9.99. The molecule has 4 nitrogen and oxygen atoms in total. The zero-order valence-corrected chi connectivity index (χ0v) is 11.7. The molecule has 1 aromatic carbocycles. The lowest BCUT2D eigenvalue weighted by molar-refractivity contribution is -0.140. The molecule has 1 atom stereocenters. The van der Waals surface area contributed by atoms with Gasteiger partial charge in [-0.1, -0.05) is 6.08 Å². The van der Waals surface area contributed by atoms with E-state index in [4.69, 9.17) is 0 Å². The van der Waals surface area contributed by atoms with Crippen molar-refractivity contribution in [3.63, 3.8) is 0 Å². The Kier molecular flexibility index (Phi) is 6.68. The Labute approximate surface area is 121 Å². The predicted molar refractivity (Wildman–Crippen MR) is 73.9 cm³/mol. The van der Waals surface area contributed by atoms with Gasteiger partial charge in [0.05, 0.1) is 18.7 Å². The van der Waals surface area contributed by atoms with E-state index in [1.165, 1.54) is 13.2 Å². The van der Waals surface area contributed by atoms with E-state index in [0.717, 1.165) is 18.2 Å². The lowest BCUT2D eigenvalue weighted by Crippen LogP contribution is -2.38. The molecule has 0 heterocycles. The molecule has 0 aromatic heterocycles. The molecule has 1 rings (SSSR count). The number of carbonyl (C=O) groups is 2. The monoisotopic (exact) mass is 297 g/mol. The summed E-state index contributed by atoms with van der Waals surface area (Å²) in [5, 5.41) is 2.83. The van der Waals surface area contributed by atoms with Crippen LogP contribution in [0.15, 0.2) is 30.9 Å². The first kappa shape index (κ1) is 17.0. The van der Waals surface area contributed by atoms with E-state index >= 15 is 0 Å². The van der Waals surface area contributed by atoms with Crippen LogP contribution in [0.5, 0.6) is 0 Å². The molecule has 114 valence electrons. The molecule has 0 saturated heterocycles. The van der Waals surface area contributed by atoms with Gasteiger partial charge in [0.15, 0.2) is 5.78 Å². The van der Waals surface area contributed by atoms with Crippen LogP contribution in [0.4, 0.5) is 8.78 Å². The number of hydrogen-bond acceptors (Lipinski definition) is 4. The van der Waals surface area contributed by atoms with E-state index in [9.17, 15) is 18.4 Å². The summed E-state index contributed by atoms with van der Waals surface area (Å²) >= 11 is 0.